The molecular weight excluding hydrogens is 1500 g/mol. The van der Waals surface area contributed by atoms with E-state index in [0.717, 1.165) is 171 Å². The number of anilines is 5. The highest BCUT2D eigenvalue weighted by molar-refractivity contribution is 8.01. The molecule has 10 nitrogen and oxygen atoms in total. The number of fused-ring (bicyclic) bond motifs is 8. The smallest absolute Gasteiger partial charge is 0.209 e. The molecule has 0 atom stereocenters. The molecule has 0 spiro atoms. The SMILES string of the molecule is COc1ccc(C(OCCN(c2ccccc2)c2ccc3c(-c4cc5c6c(c4)Sc4cc(-c7ccc(-c8cccc9c8oc8ccccc89)cc7)cc7c4N6c4c(cc(-c6ccc(-c8cccc9c8oc8ccccc89)cc6)cc4S5)S7)c4ccc(=[N+](CCO)c5ccccc5)cc-4oc3c2)(c2ccccc2)c2ccc(OC)cc2)cc1. The second-order valence-electron chi connectivity index (χ2n) is 29.7. The first-order valence-corrected chi connectivity index (χ1v) is 41.7. The first kappa shape index (κ1) is 70.4. The van der Waals surface area contributed by atoms with Crippen molar-refractivity contribution in [1.82, 2.24) is 4.58 Å². The lowest BCUT2D eigenvalue weighted by Gasteiger charge is -2.43. The number of aliphatic hydroxyl groups excluding tert-OH is 1. The van der Waals surface area contributed by atoms with E-state index in [0.29, 0.717) is 31.0 Å². The van der Waals surface area contributed by atoms with Gasteiger partial charge in [0.1, 0.15) is 57.4 Å². The zero-order chi connectivity index (χ0) is 77.8. The third-order valence-electron chi connectivity index (χ3n) is 23.2. The normalized spacial score (nSPS) is 12.9. The van der Waals surface area contributed by atoms with E-state index in [2.05, 4.69) is 287 Å². The average Bonchev–Trinajstić information content (AvgIpc) is 1.27. The Balaban J connectivity index is 0.700. The van der Waals surface area contributed by atoms with Gasteiger partial charge in [0.25, 0.3) is 0 Å². The second kappa shape index (κ2) is 28.9. The van der Waals surface area contributed by atoms with Crippen molar-refractivity contribution >= 4 is 124 Å². The van der Waals surface area contributed by atoms with E-state index in [1.54, 1.807) is 14.2 Å². The molecule has 1 aliphatic carbocycles. The van der Waals surface area contributed by atoms with Gasteiger partial charge in [0.15, 0.2) is 6.54 Å². The summed E-state index contributed by atoms with van der Waals surface area (Å²) < 4.78 is 41.8. The van der Waals surface area contributed by atoms with Crippen molar-refractivity contribution < 1.29 is 32.6 Å². The van der Waals surface area contributed by atoms with Gasteiger partial charge in [0.2, 0.25) is 11.0 Å². The Bertz CT molecular complexity index is 6890. The fourth-order valence-corrected chi connectivity index (χ4v) is 21.5. The molecule has 4 aliphatic heterocycles. The van der Waals surface area contributed by atoms with E-state index in [4.69, 9.17) is 27.5 Å². The number of aliphatic hydroxyl groups is 1. The van der Waals surface area contributed by atoms with Crippen LogP contribution in [0.2, 0.25) is 0 Å². The highest BCUT2D eigenvalue weighted by Gasteiger charge is 2.42. The number of nitrogens with zero attached hydrogens (tertiary/aromatic N) is 3. The summed E-state index contributed by atoms with van der Waals surface area (Å²) in [6.45, 7) is 1.08. The predicted molar refractivity (Wildman–Crippen MR) is 477 cm³/mol. The highest BCUT2D eigenvalue weighted by atomic mass is 32.2. The minimum absolute atomic E-state index is 0.0507. The molecule has 1 N–H and O–H groups in total. The van der Waals surface area contributed by atoms with Crippen LogP contribution in [0.5, 0.6) is 11.5 Å². The molecule has 0 saturated heterocycles. The molecule has 17 aromatic rings. The first-order valence-electron chi connectivity index (χ1n) is 39.3. The van der Waals surface area contributed by atoms with Gasteiger partial charge in [-0.15, -0.1) is 0 Å². The van der Waals surface area contributed by atoms with Crippen molar-refractivity contribution in [2.24, 2.45) is 0 Å². The molecule has 562 valence electrons. The maximum atomic E-state index is 10.8. The molecule has 0 radical (unpaired) electrons. The van der Waals surface area contributed by atoms with Crippen LogP contribution in [-0.2, 0) is 10.3 Å². The molecule has 22 rings (SSSR count). The number of methoxy groups -OCH3 is 2. The van der Waals surface area contributed by atoms with Gasteiger partial charge in [0.05, 0.1) is 44.0 Å². The van der Waals surface area contributed by atoms with E-state index in [9.17, 15) is 5.11 Å². The molecule has 0 saturated carbocycles. The Labute approximate surface area is 688 Å². The number of hydrogen-bond donors (Lipinski definition) is 1. The zero-order valence-electron chi connectivity index (χ0n) is 63.7. The molecular formula is C104H72N3O7S3+. The quantitative estimate of drug-likeness (QED) is 0.0474. The van der Waals surface area contributed by atoms with E-state index in [-0.39, 0.29) is 6.61 Å². The van der Waals surface area contributed by atoms with E-state index >= 15 is 0 Å². The molecule has 0 unspecified atom stereocenters. The Morgan fingerprint density at radius 3 is 1.34 bits per heavy atom. The van der Waals surface area contributed by atoms with Crippen molar-refractivity contribution in [1.29, 1.82) is 0 Å². The van der Waals surface area contributed by atoms with Crippen molar-refractivity contribution in [3.05, 3.63) is 368 Å². The lowest BCUT2D eigenvalue weighted by atomic mass is 9.80. The Morgan fingerprint density at radius 2 is 0.829 bits per heavy atom. The molecule has 0 bridgehead atoms. The molecule has 5 aliphatic rings. The third-order valence-corrected chi connectivity index (χ3v) is 26.4. The summed E-state index contributed by atoms with van der Waals surface area (Å²) in [5.41, 5.74) is 24.5. The molecule has 15 aromatic carbocycles. The summed E-state index contributed by atoms with van der Waals surface area (Å²) in [5, 5.41) is 17.0. The Kier molecular flexibility index (Phi) is 17.4. The highest BCUT2D eigenvalue weighted by Crippen LogP contribution is 2.68. The average molecular weight is 1570 g/mol. The molecule has 117 heavy (non-hydrogen) atoms. The van der Waals surface area contributed by atoms with Crippen LogP contribution in [-0.4, -0.2) is 45.6 Å². The number of furan rings is 2. The molecule has 0 fully saturated rings. The lowest BCUT2D eigenvalue weighted by molar-refractivity contribution is 0.0179. The van der Waals surface area contributed by atoms with Crippen molar-refractivity contribution in [2.75, 3.05) is 50.3 Å². The molecule has 6 heterocycles. The number of benzene rings is 16. The maximum absolute atomic E-state index is 10.8. The van der Waals surface area contributed by atoms with Crippen LogP contribution in [0.1, 0.15) is 16.7 Å². The zero-order valence-corrected chi connectivity index (χ0v) is 66.1. The molecule has 13 heteroatoms. The standard InChI is InChI=1S/C104H72N3O7S3/c1-109-78-46-40-72(41-47-78)104(71-18-6-3-7-19-71,73-42-48-79(110-2)49-43-73)111-55-53-106(75-22-10-5-11-23-75)77-45-51-87-91(63-77)112-90-62-76(105(52-54-108)74-20-8-4-9-21-74)44-50-86(90)98(87)70-60-96-101-97(61-70)117-95-59-69(65-34-38-67(39-35-65)81-27-17-29-85-83-25-13-15-31-89(83)114-103(81)85)57-93-100(95)107(101)99-92(115-93)56-68(58-94(99)116-96)64-32-36-66(37-33-64)80-26-16-28-84-82-24-12-14-30-88(82)113-102(80)84/h3-51,56-63,108H,52-55H2,1-2H3/q+1. The summed E-state index contributed by atoms with van der Waals surface area (Å²) in [6.07, 6.45) is 0. The Hall–Kier alpha value is -13.2. The van der Waals surface area contributed by atoms with Crippen molar-refractivity contribution in [3.8, 4) is 78.5 Å². The van der Waals surface area contributed by atoms with Crippen LogP contribution in [0.15, 0.2) is 388 Å². The number of rotatable bonds is 19. The van der Waals surface area contributed by atoms with Crippen molar-refractivity contribution in [2.45, 2.75) is 35.0 Å². The second-order valence-corrected chi connectivity index (χ2v) is 33.0. The largest absolute Gasteiger partial charge is 0.497 e. The molecule has 2 aromatic heterocycles. The number of ether oxygens (including phenoxy) is 3. The van der Waals surface area contributed by atoms with Gasteiger partial charge in [-0.3, -0.25) is 0 Å². The first-order chi connectivity index (χ1) is 57.8. The van der Waals surface area contributed by atoms with Crippen LogP contribution in [0.25, 0.3) is 122 Å². The summed E-state index contributed by atoms with van der Waals surface area (Å²) in [7, 11) is 3.38. The van der Waals surface area contributed by atoms with Gasteiger partial charge in [-0.05, 0) is 159 Å². The van der Waals surface area contributed by atoms with Gasteiger partial charge in [-0.2, -0.15) is 4.58 Å². The summed E-state index contributed by atoms with van der Waals surface area (Å²) >= 11 is 5.57. The summed E-state index contributed by atoms with van der Waals surface area (Å²) in [5.74, 6) is 2.20. The van der Waals surface area contributed by atoms with Crippen LogP contribution in [0, 0.1) is 0 Å². The van der Waals surface area contributed by atoms with Gasteiger partial charge < -0.3 is 42.4 Å². The van der Waals surface area contributed by atoms with Crippen LogP contribution in [0.4, 0.5) is 34.1 Å². The monoisotopic (exact) mass is 1570 g/mol. The van der Waals surface area contributed by atoms with Gasteiger partial charge in [-0.25, -0.2) is 0 Å². The van der Waals surface area contributed by atoms with E-state index in [1.807, 2.05) is 108 Å². The van der Waals surface area contributed by atoms with E-state index in [1.165, 1.54) is 36.6 Å². The fraction of sp³-hybridized carbons (Fsp3) is 0.0673. The summed E-state index contributed by atoms with van der Waals surface area (Å²) in [6, 6.07) is 123. The van der Waals surface area contributed by atoms with E-state index < -0.39 is 5.60 Å². The summed E-state index contributed by atoms with van der Waals surface area (Å²) in [4.78, 5) is 12.0. The topological polar surface area (TPSA) is 96.8 Å². The van der Waals surface area contributed by atoms with Crippen LogP contribution >= 0.6 is 35.3 Å². The predicted octanol–water partition coefficient (Wildman–Crippen LogP) is 26.8. The minimum Gasteiger partial charge on any atom is -0.497 e. The van der Waals surface area contributed by atoms with Gasteiger partial charge >= 0.3 is 0 Å². The van der Waals surface area contributed by atoms with Crippen LogP contribution < -0.4 is 29.2 Å². The third kappa shape index (κ3) is 12.0. The minimum atomic E-state index is -1.05. The van der Waals surface area contributed by atoms with Crippen LogP contribution in [0.3, 0.4) is 0 Å². The maximum Gasteiger partial charge on any atom is 0.209 e. The fourth-order valence-electron chi connectivity index (χ4n) is 17.7. The molecule has 0 amide bonds. The van der Waals surface area contributed by atoms with Gasteiger partial charge in [0, 0.05) is 121 Å². The lowest BCUT2D eigenvalue weighted by Crippen LogP contribution is -2.35. The number of para-hydroxylation sites is 6. The number of hydrogen-bond acceptors (Lipinski definition) is 12. The van der Waals surface area contributed by atoms with Gasteiger partial charge in [-0.1, -0.05) is 248 Å². The Morgan fingerprint density at radius 1 is 0.368 bits per heavy atom. The van der Waals surface area contributed by atoms with Crippen molar-refractivity contribution in [3.63, 3.8) is 0 Å².